The Bertz CT molecular complexity index is 973. The number of thioether (sulfide) groups is 1. The summed E-state index contributed by atoms with van der Waals surface area (Å²) in [5.41, 5.74) is 1.01. The Morgan fingerprint density at radius 3 is 2.68 bits per heavy atom. The predicted octanol–water partition coefficient (Wildman–Crippen LogP) is 3.99. The minimum absolute atomic E-state index is 0.134. The second-order valence-corrected chi connectivity index (χ2v) is 8.32. The number of carbonyl (C=O) groups is 2. The van der Waals surface area contributed by atoms with Gasteiger partial charge < -0.3 is 15.2 Å². The average molecular weight is 437 g/mol. The summed E-state index contributed by atoms with van der Waals surface area (Å²) in [6.07, 6.45) is 2.38. The van der Waals surface area contributed by atoms with E-state index >= 15 is 0 Å². The van der Waals surface area contributed by atoms with Gasteiger partial charge in [-0.1, -0.05) is 35.0 Å². The van der Waals surface area contributed by atoms with Crippen LogP contribution in [0.5, 0.6) is 0 Å². The van der Waals surface area contributed by atoms with Gasteiger partial charge in [0.15, 0.2) is 10.9 Å². The lowest BCUT2D eigenvalue weighted by molar-refractivity contribution is -0.114. The fourth-order valence-electron chi connectivity index (χ4n) is 2.27. The highest BCUT2D eigenvalue weighted by molar-refractivity contribution is 8.00. The van der Waals surface area contributed by atoms with Crippen molar-refractivity contribution in [3.05, 3.63) is 57.8 Å². The second kappa shape index (κ2) is 9.72. The van der Waals surface area contributed by atoms with E-state index in [0.717, 1.165) is 10.4 Å². The van der Waals surface area contributed by atoms with Crippen LogP contribution >= 0.6 is 34.7 Å². The van der Waals surface area contributed by atoms with Crippen LogP contribution in [0.1, 0.15) is 16.2 Å². The number of hydrogen-bond acceptors (Lipinski definition) is 7. The lowest BCUT2D eigenvalue weighted by Gasteiger charge is -2.02. The number of amides is 2. The molecule has 0 aliphatic rings. The molecule has 3 rings (SSSR count). The maximum absolute atomic E-state index is 12.0. The number of thiazole rings is 1. The van der Waals surface area contributed by atoms with Gasteiger partial charge in [-0.25, -0.2) is 4.98 Å². The average Bonchev–Trinajstić information content (AvgIpc) is 3.25. The maximum atomic E-state index is 12.0. The number of halogens is 1. The lowest BCUT2D eigenvalue weighted by atomic mass is 10.1. The number of anilines is 2. The van der Waals surface area contributed by atoms with E-state index < -0.39 is 0 Å². The Hall–Kier alpha value is -2.36. The Morgan fingerprint density at radius 1 is 1.21 bits per heavy atom. The number of carbonyl (C=O) groups excluding carboxylic acids is 2. The molecular weight excluding hydrogens is 420 g/mol. The number of benzene rings is 1. The highest BCUT2D eigenvalue weighted by Crippen LogP contribution is 2.24. The van der Waals surface area contributed by atoms with Crippen molar-refractivity contribution in [2.45, 2.75) is 13.3 Å². The van der Waals surface area contributed by atoms with Gasteiger partial charge in [0, 0.05) is 28.6 Å². The molecule has 2 N–H and O–H groups in total. The van der Waals surface area contributed by atoms with Crippen molar-refractivity contribution in [3.63, 3.8) is 0 Å². The van der Waals surface area contributed by atoms with Crippen LogP contribution in [0, 0.1) is 6.92 Å². The zero-order valence-corrected chi connectivity index (χ0v) is 17.3. The molecule has 0 unspecified atom stereocenters. The van der Waals surface area contributed by atoms with Crippen LogP contribution < -0.4 is 10.6 Å². The lowest BCUT2D eigenvalue weighted by Crippen LogP contribution is -2.18. The first-order valence-corrected chi connectivity index (χ1v) is 10.6. The summed E-state index contributed by atoms with van der Waals surface area (Å²) in [7, 11) is 0. The molecule has 0 radical (unpaired) electrons. The molecule has 2 heterocycles. The van der Waals surface area contributed by atoms with E-state index in [1.54, 1.807) is 19.2 Å². The molecule has 0 saturated heterocycles. The molecule has 28 heavy (non-hydrogen) atoms. The summed E-state index contributed by atoms with van der Waals surface area (Å²) in [4.78, 5) is 29.0. The molecule has 2 amide bonds. The number of aromatic nitrogens is 2. The molecule has 0 fully saturated rings. The summed E-state index contributed by atoms with van der Waals surface area (Å²) in [5, 5.41) is 10.3. The Labute approximate surface area is 174 Å². The van der Waals surface area contributed by atoms with Crippen LogP contribution in [0.2, 0.25) is 5.02 Å². The predicted molar refractivity (Wildman–Crippen MR) is 112 cm³/mol. The van der Waals surface area contributed by atoms with Gasteiger partial charge in [-0.05, 0) is 18.6 Å². The van der Waals surface area contributed by atoms with E-state index in [-0.39, 0.29) is 23.3 Å². The SMILES string of the molecule is Cc1cc(NC(=O)CSCC(=O)Nc2ncc(Cc3ccccc3Cl)s2)no1. The topological polar surface area (TPSA) is 97.1 Å². The number of hydrogen-bond donors (Lipinski definition) is 2. The largest absolute Gasteiger partial charge is 0.360 e. The third-order valence-electron chi connectivity index (χ3n) is 3.48. The van der Waals surface area contributed by atoms with E-state index in [0.29, 0.717) is 28.2 Å². The van der Waals surface area contributed by atoms with Crippen molar-refractivity contribution < 1.29 is 14.1 Å². The summed E-state index contributed by atoms with van der Waals surface area (Å²) >= 11 is 8.77. The molecule has 0 spiro atoms. The van der Waals surface area contributed by atoms with Gasteiger partial charge in [0.05, 0.1) is 11.5 Å². The van der Waals surface area contributed by atoms with E-state index in [4.69, 9.17) is 16.1 Å². The molecule has 0 aliphatic carbocycles. The van der Waals surface area contributed by atoms with E-state index in [1.807, 2.05) is 24.3 Å². The summed E-state index contributed by atoms with van der Waals surface area (Å²) in [5.74, 6) is 0.789. The van der Waals surface area contributed by atoms with Gasteiger partial charge in [0.1, 0.15) is 5.76 Å². The zero-order chi connectivity index (χ0) is 19.9. The first-order valence-electron chi connectivity index (χ1n) is 8.28. The first kappa shape index (κ1) is 20.4. The smallest absolute Gasteiger partial charge is 0.236 e. The first-order chi connectivity index (χ1) is 13.5. The Kier molecular flexibility index (Phi) is 7.07. The molecule has 2 aromatic heterocycles. The molecule has 1 aromatic carbocycles. The fourth-order valence-corrected chi connectivity index (χ4v) is 3.94. The van der Waals surface area contributed by atoms with E-state index in [2.05, 4.69) is 20.8 Å². The van der Waals surface area contributed by atoms with Crippen molar-refractivity contribution in [2.75, 3.05) is 22.1 Å². The normalized spacial score (nSPS) is 10.6. The van der Waals surface area contributed by atoms with Crippen molar-refractivity contribution in [1.29, 1.82) is 0 Å². The van der Waals surface area contributed by atoms with E-state index in [1.165, 1.54) is 23.1 Å². The number of aryl methyl sites for hydroxylation is 1. The molecular formula is C18H17ClN4O3S2. The number of nitrogens with one attached hydrogen (secondary N) is 2. The quantitative estimate of drug-likeness (QED) is 0.554. The maximum Gasteiger partial charge on any atom is 0.236 e. The highest BCUT2D eigenvalue weighted by Gasteiger charge is 2.11. The Morgan fingerprint density at radius 2 is 1.96 bits per heavy atom. The molecule has 0 aliphatic heterocycles. The standard InChI is InChI=1S/C18H17ClN4O3S2/c1-11-6-15(23-26-11)21-16(24)9-27-10-17(25)22-18-20-8-13(28-18)7-12-4-2-3-5-14(12)19/h2-6,8H,7,9-10H2,1H3,(H,20,22,25)(H,21,23,24). The molecule has 146 valence electrons. The molecule has 0 bridgehead atoms. The van der Waals surface area contributed by atoms with Crippen LogP contribution in [0.15, 0.2) is 41.1 Å². The Balaban J connectivity index is 1.41. The summed E-state index contributed by atoms with van der Waals surface area (Å²) in [6.45, 7) is 1.74. The van der Waals surface area contributed by atoms with Gasteiger partial charge >= 0.3 is 0 Å². The van der Waals surface area contributed by atoms with Crippen LogP contribution in [-0.2, 0) is 16.0 Å². The van der Waals surface area contributed by atoms with Gasteiger partial charge in [-0.3, -0.25) is 9.59 Å². The number of nitrogens with zero attached hydrogens (tertiary/aromatic N) is 2. The zero-order valence-electron chi connectivity index (χ0n) is 14.9. The van der Waals surface area contributed by atoms with Crippen LogP contribution in [0.25, 0.3) is 0 Å². The monoisotopic (exact) mass is 436 g/mol. The van der Waals surface area contributed by atoms with Gasteiger partial charge in [-0.15, -0.1) is 23.1 Å². The molecule has 3 aromatic rings. The highest BCUT2D eigenvalue weighted by atomic mass is 35.5. The molecule has 0 atom stereocenters. The van der Waals surface area contributed by atoms with Crippen molar-refractivity contribution in [3.8, 4) is 0 Å². The van der Waals surface area contributed by atoms with Crippen molar-refractivity contribution >= 4 is 57.5 Å². The third-order valence-corrected chi connectivity index (χ3v) is 5.70. The minimum Gasteiger partial charge on any atom is -0.360 e. The summed E-state index contributed by atoms with van der Waals surface area (Å²) < 4.78 is 4.87. The van der Waals surface area contributed by atoms with Crippen molar-refractivity contribution in [2.24, 2.45) is 0 Å². The molecule has 0 saturated carbocycles. The van der Waals surface area contributed by atoms with Crippen molar-refractivity contribution in [1.82, 2.24) is 10.1 Å². The number of rotatable bonds is 8. The molecule has 7 nitrogen and oxygen atoms in total. The third kappa shape index (κ3) is 6.08. The van der Waals surface area contributed by atoms with E-state index in [9.17, 15) is 9.59 Å². The second-order valence-electron chi connectivity index (χ2n) is 5.81. The van der Waals surface area contributed by atoms with Gasteiger partial charge in [0.2, 0.25) is 11.8 Å². The van der Waals surface area contributed by atoms with Gasteiger partial charge in [-0.2, -0.15) is 0 Å². The minimum atomic E-state index is -0.248. The summed E-state index contributed by atoms with van der Waals surface area (Å²) in [6, 6.07) is 9.25. The van der Waals surface area contributed by atoms with Crippen LogP contribution in [0.3, 0.4) is 0 Å². The van der Waals surface area contributed by atoms with Crippen LogP contribution in [0.4, 0.5) is 10.9 Å². The fraction of sp³-hybridized carbons (Fsp3) is 0.222. The van der Waals surface area contributed by atoms with Crippen LogP contribution in [-0.4, -0.2) is 33.5 Å². The van der Waals surface area contributed by atoms with Gasteiger partial charge in [0.25, 0.3) is 0 Å². The molecule has 10 heteroatoms.